The molecule has 1 rings (SSSR count). The van der Waals surface area contributed by atoms with Crippen molar-refractivity contribution in [2.24, 2.45) is 0 Å². The largest absolute Gasteiger partial charge is 0.479 e. The number of benzene rings is 1. The van der Waals surface area contributed by atoms with Gasteiger partial charge < -0.3 is 14.8 Å². The van der Waals surface area contributed by atoms with E-state index in [0.717, 1.165) is 6.08 Å². The summed E-state index contributed by atoms with van der Waals surface area (Å²) < 4.78 is 10.0. The van der Waals surface area contributed by atoms with E-state index >= 15 is 0 Å². The van der Waals surface area contributed by atoms with Gasteiger partial charge in [-0.05, 0) is 19.9 Å². The predicted molar refractivity (Wildman–Crippen MR) is 78.1 cm³/mol. The van der Waals surface area contributed by atoms with Crippen molar-refractivity contribution >= 4 is 28.9 Å². The summed E-state index contributed by atoms with van der Waals surface area (Å²) in [7, 11) is 0. The lowest BCUT2D eigenvalue weighted by Gasteiger charge is -2.12. The van der Waals surface area contributed by atoms with Crippen LogP contribution in [0.25, 0.3) is 0 Å². The monoisotopic (exact) mass is 314 g/mol. The molecule has 0 saturated carbocycles. The molecule has 0 bridgehead atoms. The molecule has 1 N–H and O–H groups in total. The summed E-state index contributed by atoms with van der Waals surface area (Å²) in [6.07, 6.45) is 1.11. The van der Waals surface area contributed by atoms with Gasteiger partial charge in [-0.15, -0.1) is 0 Å². The van der Waals surface area contributed by atoms with Gasteiger partial charge in [-0.25, -0.2) is 4.79 Å². The average Bonchev–Trinajstić information content (AvgIpc) is 2.41. The van der Waals surface area contributed by atoms with Gasteiger partial charge in [0.2, 0.25) is 0 Å². The number of ether oxygens (including phenoxy) is 2. The highest BCUT2D eigenvalue weighted by atomic mass is 35.5. The molecule has 0 aliphatic heterocycles. The molecule has 0 unspecified atom stereocenters. The number of anilines is 1. The Kier molecular flexibility index (Phi) is 6.48. The second kappa shape index (κ2) is 8.11. The smallest absolute Gasteiger partial charge is 0.336 e. The van der Waals surface area contributed by atoms with Crippen molar-refractivity contribution in [2.45, 2.75) is 13.8 Å². The van der Waals surface area contributed by atoms with E-state index in [-0.39, 0.29) is 28.9 Å². The number of nitrogens with zero attached hydrogens (tertiary/aromatic N) is 1. The van der Waals surface area contributed by atoms with Gasteiger partial charge in [0.15, 0.2) is 5.88 Å². The first-order valence-electron chi connectivity index (χ1n) is 6.20. The van der Waals surface area contributed by atoms with Crippen LogP contribution in [0, 0.1) is 10.1 Å². The number of esters is 1. The van der Waals surface area contributed by atoms with Crippen LogP contribution in [0.2, 0.25) is 5.02 Å². The maximum Gasteiger partial charge on any atom is 0.336 e. The highest BCUT2D eigenvalue weighted by molar-refractivity contribution is 6.33. The van der Waals surface area contributed by atoms with E-state index < -0.39 is 10.9 Å². The van der Waals surface area contributed by atoms with E-state index in [0.29, 0.717) is 6.61 Å². The van der Waals surface area contributed by atoms with Crippen molar-refractivity contribution in [2.75, 3.05) is 18.5 Å². The number of non-ortho nitro benzene ring substituents is 1. The molecule has 0 aliphatic carbocycles. The first-order valence-corrected chi connectivity index (χ1v) is 6.58. The molecule has 7 nitrogen and oxygen atoms in total. The quantitative estimate of drug-likeness (QED) is 0.273. The van der Waals surface area contributed by atoms with Crippen molar-refractivity contribution in [3.63, 3.8) is 0 Å². The lowest BCUT2D eigenvalue weighted by molar-refractivity contribution is -0.384. The number of rotatable bonds is 7. The number of halogens is 1. The normalized spacial score (nSPS) is 10.9. The summed E-state index contributed by atoms with van der Waals surface area (Å²) in [5.74, 6) is -0.492. The number of hydrogen-bond acceptors (Lipinski definition) is 6. The number of hydrogen-bond donors (Lipinski definition) is 1. The van der Waals surface area contributed by atoms with Crippen LogP contribution in [0.4, 0.5) is 11.4 Å². The Morgan fingerprint density at radius 3 is 2.62 bits per heavy atom. The number of nitro benzene ring substituents is 1. The Hall–Kier alpha value is -2.28. The zero-order chi connectivity index (χ0) is 15.8. The van der Waals surface area contributed by atoms with Crippen molar-refractivity contribution < 1.29 is 19.2 Å². The zero-order valence-electron chi connectivity index (χ0n) is 11.6. The van der Waals surface area contributed by atoms with Crippen LogP contribution in [-0.2, 0) is 14.3 Å². The summed E-state index contributed by atoms with van der Waals surface area (Å²) in [5, 5.41) is 13.7. The lowest BCUT2D eigenvalue weighted by atomic mass is 10.3. The van der Waals surface area contributed by atoms with Gasteiger partial charge in [-0.1, -0.05) is 11.6 Å². The van der Waals surface area contributed by atoms with Crippen molar-refractivity contribution in [1.29, 1.82) is 0 Å². The molecule has 0 aliphatic rings. The van der Waals surface area contributed by atoms with E-state index in [1.165, 1.54) is 18.2 Å². The molecule has 1 aromatic rings. The second-order valence-corrected chi connectivity index (χ2v) is 4.15. The molecule has 0 fully saturated rings. The zero-order valence-corrected chi connectivity index (χ0v) is 12.3. The Morgan fingerprint density at radius 1 is 1.38 bits per heavy atom. The molecule has 0 radical (unpaired) electrons. The Labute approximate surface area is 126 Å². The third-order valence-electron chi connectivity index (χ3n) is 2.25. The molecule has 0 saturated heterocycles. The minimum Gasteiger partial charge on any atom is -0.479 e. The molecule has 8 heteroatoms. The van der Waals surface area contributed by atoms with Crippen LogP contribution in [0.3, 0.4) is 0 Å². The molecular weight excluding hydrogens is 300 g/mol. The van der Waals surface area contributed by atoms with Gasteiger partial charge in [0.25, 0.3) is 5.69 Å². The van der Waals surface area contributed by atoms with Gasteiger partial charge in [0, 0.05) is 12.1 Å². The fraction of sp³-hybridized carbons (Fsp3) is 0.308. The van der Waals surface area contributed by atoms with Crippen molar-refractivity contribution in [1.82, 2.24) is 0 Å². The van der Waals surface area contributed by atoms with Crippen LogP contribution in [-0.4, -0.2) is 24.1 Å². The fourth-order valence-corrected chi connectivity index (χ4v) is 1.58. The summed E-state index contributed by atoms with van der Waals surface area (Å²) in [5.41, 5.74) is 0.128. The average molecular weight is 315 g/mol. The maximum absolute atomic E-state index is 11.4. The van der Waals surface area contributed by atoms with Gasteiger partial charge in [-0.3, -0.25) is 10.1 Å². The summed E-state index contributed by atoms with van der Waals surface area (Å²) in [6.45, 7) is 3.93. The number of carbonyl (C=O) groups is 1. The van der Waals surface area contributed by atoms with Gasteiger partial charge in [-0.2, -0.15) is 0 Å². The molecule has 1 aromatic carbocycles. The molecule has 0 atom stereocenters. The number of nitro groups is 1. The van der Waals surface area contributed by atoms with Gasteiger partial charge >= 0.3 is 5.97 Å². The van der Waals surface area contributed by atoms with E-state index in [2.05, 4.69) is 5.32 Å². The van der Waals surface area contributed by atoms with Crippen molar-refractivity contribution in [3.8, 4) is 0 Å². The third-order valence-corrected chi connectivity index (χ3v) is 2.58. The first kappa shape index (κ1) is 16.8. The highest BCUT2D eigenvalue weighted by Gasteiger charge is 2.12. The molecule has 21 heavy (non-hydrogen) atoms. The number of nitrogens with one attached hydrogen (secondary N) is 1. The van der Waals surface area contributed by atoms with Crippen LogP contribution < -0.4 is 5.32 Å². The summed E-state index contributed by atoms with van der Waals surface area (Å²) >= 11 is 5.96. The standard InChI is InChI=1S/C13H15ClN2O5/c1-3-20-12(8-13(17)21-4-2)15-11-7-9(16(18)19)5-6-10(11)14/h5-8,15H,3-4H2,1-2H3/b12-8-. The summed E-state index contributed by atoms with van der Waals surface area (Å²) in [4.78, 5) is 21.6. The Bertz CT molecular complexity index is 559. The molecular formula is C13H15ClN2O5. The molecule has 0 amide bonds. The maximum atomic E-state index is 11.4. The van der Waals surface area contributed by atoms with Crippen LogP contribution >= 0.6 is 11.6 Å². The summed E-state index contributed by atoms with van der Waals surface area (Å²) in [6, 6.07) is 3.92. The fourth-order valence-electron chi connectivity index (χ4n) is 1.42. The minimum absolute atomic E-state index is 0.0957. The van der Waals surface area contributed by atoms with E-state index in [1.54, 1.807) is 13.8 Å². The van der Waals surface area contributed by atoms with E-state index in [9.17, 15) is 14.9 Å². The number of carbonyl (C=O) groups excluding carboxylic acids is 1. The Morgan fingerprint density at radius 2 is 2.05 bits per heavy atom. The van der Waals surface area contributed by atoms with E-state index in [4.69, 9.17) is 21.1 Å². The van der Waals surface area contributed by atoms with Crippen LogP contribution in [0.5, 0.6) is 0 Å². The van der Waals surface area contributed by atoms with Crippen molar-refractivity contribution in [3.05, 3.63) is 45.3 Å². The minimum atomic E-state index is -0.588. The second-order valence-electron chi connectivity index (χ2n) is 3.74. The first-order chi connectivity index (χ1) is 9.97. The van der Waals surface area contributed by atoms with Gasteiger partial charge in [0.05, 0.1) is 34.9 Å². The highest BCUT2D eigenvalue weighted by Crippen LogP contribution is 2.27. The predicted octanol–water partition coefficient (Wildman–Crippen LogP) is 3.10. The molecule has 114 valence electrons. The molecule has 0 spiro atoms. The topological polar surface area (TPSA) is 90.7 Å². The van der Waals surface area contributed by atoms with Crippen LogP contribution in [0.1, 0.15) is 13.8 Å². The third kappa shape index (κ3) is 5.31. The SMILES string of the molecule is CCOC(=O)/C=C(/Nc1cc([N+](=O)[O-])ccc1Cl)OCC. The lowest BCUT2D eigenvalue weighted by Crippen LogP contribution is -2.09. The Balaban J connectivity index is 3.00. The molecule has 0 aromatic heterocycles. The van der Waals surface area contributed by atoms with E-state index in [1.807, 2.05) is 0 Å². The molecule has 0 heterocycles. The van der Waals surface area contributed by atoms with Gasteiger partial charge in [0.1, 0.15) is 0 Å². The van der Waals surface area contributed by atoms with Crippen LogP contribution in [0.15, 0.2) is 30.2 Å².